The van der Waals surface area contributed by atoms with Crippen molar-refractivity contribution in [2.45, 2.75) is 82.0 Å². The first kappa shape index (κ1) is 24.6. The van der Waals surface area contributed by atoms with Crippen molar-refractivity contribution >= 4 is 22.7 Å². The number of hydrogen-bond acceptors (Lipinski definition) is 7. The molecule has 1 N–H and O–H groups in total. The summed E-state index contributed by atoms with van der Waals surface area (Å²) in [5.74, 6) is 0.344. The van der Waals surface area contributed by atoms with E-state index in [2.05, 4.69) is 15.0 Å². The predicted molar refractivity (Wildman–Crippen MR) is 139 cm³/mol. The molecule has 1 aromatic heterocycles. The van der Waals surface area contributed by atoms with Crippen LogP contribution in [0.2, 0.25) is 0 Å². The lowest BCUT2D eigenvalue weighted by molar-refractivity contribution is -0.129. The zero-order chi connectivity index (χ0) is 25.5. The van der Waals surface area contributed by atoms with Crippen LogP contribution in [0.3, 0.4) is 0 Å². The third kappa shape index (κ3) is 4.56. The van der Waals surface area contributed by atoms with Crippen LogP contribution in [-0.2, 0) is 14.4 Å². The number of rotatable bonds is 5. The zero-order valence-corrected chi connectivity index (χ0v) is 21.4. The van der Waals surface area contributed by atoms with Crippen LogP contribution < -0.4 is 5.56 Å². The molecule has 6 rings (SSSR count). The number of aliphatic carboxylic acids is 1. The molecule has 0 spiro atoms. The van der Waals surface area contributed by atoms with E-state index in [-0.39, 0.29) is 23.8 Å². The third-order valence-corrected chi connectivity index (χ3v) is 9.10. The van der Waals surface area contributed by atoms with Crippen molar-refractivity contribution in [1.29, 1.82) is 0 Å². The minimum atomic E-state index is -1.34. The molecule has 0 radical (unpaired) electrons. The maximum Gasteiger partial charge on any atom is 0.360 e. The van der Waals surface area contributed by atoms with E-state index in [4.69, 9.17) is 9.57 Å². The summed E-state index contributed by atoms with van der Waals surface area (Å²) in [6, 6.07) is 8.45. The average molecular weight is 509 g/mol. The molecular formula is C28H36N4O5. The van der Waals surface area contributed by atoms with Gasteiger partial charge in [0.2, 0.25) is 5.71 Å². The van der Waals surface area contributed by atoms with Crippen molar-refractivity contribution in [2.24, 2.45) is 17.0 Å². The van der Waals surface area contributed by atoms with E-state index < -0.39 is 17.2 Å². The number of benzene rings is 1. The highest BCUT2D eigenvalue weighted by molar-refractivity contribution is 6.41. The van der Waals surface area contributed by atoms with Gasteiger partial charge in [0, 0.05) is 24.2 Å². The third-order valence-electron chi connectivity index (χ3n) is 9.10. The summed E-state index contributed by atoms with van der Waals surface area (Å²) in [6.07, 6.45) is 11.0. The van der Waals surface area contributed by atoms with Crippen LogP contribution in [-0.4, -0.2) is 69.7 Å². The normalized spacial score (nSPS) is 32.6. The van der Waals surface area contributed by atoms with Crippen molar-refractivity contribution in [1.82, 2.24) is 14.5 Å². The van der Waals surface area contributed by atoms with E-state index in [1.165, 1.54) is 52.1 Å². The summed E-state index contributed by atoms with van der Waals surface area (Å²) in [7, 11) is 1.26. The number of carbonyl (C=O) groups is 1. The maximum absolute atomic E-state index is 13.8. The average Bonchev–Trinajstić information content (AvgIpc) is 3.05. The first-order valence-electron chi connectivity index (χ1n) is 13.7. The van der Waals surface area contributed by atoms with E-state index in [1.807, 2.05) is 24.3 Å². The Kier molecular flexibility index (Phi) is 6.75. The summed E-state index contributed by atoms with van der Waals surface area (Å²) >= 11 is 0. The number of hydrogen-bond donors (Lipinski definition) is 1. The van der Waals surface area contributed by atoms with Crippen molar-refractivity contribution in [3.8, 4) is 0 Å². The molecule has 198 valence electrons. The molecule has 37 heavy (non-hydrogen) atoms. The molecule has 3 heterocycles. The molecule has 9 nitrogen and oxygen atoms in total. The monoisotopic (exact) mass is 508 g/mol. The Morgan fingerprint density at radius 2 is 1.68 bits per heavy atom. The van der Waals surface area contributed by atoms with Gasteiger partial charge in [-0.3, -0.25) is 9.69 Å². The number of aromatic nitrogens is 2. The van der Waals surface area contributed by atoms with Crippen LogP contribution in [0.15, 0.2) is 34.2 Å². The molecule has 2 saturated heterocycles. The first-order valence-corrected chi connectivity index (χ1v) is 13.7. The Bertz CT molecular complexity index is 1230. The maximum atomic E-state index is 13.8. The molecule has 4 bridgehead atoms. The Balaban J connectivity index is 1.36. The van der Waals surface area contributed by atoms with Gasteiger partial charge in [-0.15, -0.1) is 0 Å². The Labute approximate surface area is 216 Å². The second kappa shape index (κ2) is 10.2. The Hall–Kier alpha value is -2.78. The van der Waals surface area contributed by atoms with Gasteiger partial charge in [-0.05, 0) is 56.1 Å². The summed E-state index contributed by atoms with van der Waals surface area (Å²) in [4.78, 5) is 37.7. The fraction of sp³-hybridized carbons (Fsp3) is 0.643. The highest BCUT2D eigenvalue weighted by Gasteiger charge is 2.46. The molecule has 2 aliphatic carbocycles. The topological polar surface area (TPSA) is 106 Å². The SMILES string of the molecule is CON=C(C(=O)O)c1nc2ccccc2n([C@H]2C[C@H]3COC[C@@H](C2)N3C2CC3CCCCC(C3)C2)c1=O. The van der Waals surface area contributed by atoms with E-state index in [0.717, 1.165) is 30.2 Å². The van der Waals surface area contributed by atoms with Gasteiger partial charge in [0.25, 0.3) is 5.56 Å². The van der Waals surface area contributed by atoms with E-state index >= 15 is 0 Å². The van der Waals surface area contributed by atoms with Gasteiger partial charge in [0.15, 0.2) is 5.69 Å². The van der Waals surface area contributed by atoms with E-state index in [9.17, 15) is 14.7 Å². The van der Waals surface area contributed by atoms with Gasteiger partial charge in [-0.1, -0.05) is 43.0 Å². The fourth-order valence-electron chi connectivity index (χ4n) is 7.78. The minimum absolute atomic E-state index is 0.0715. The number of carboxylic acid groups (broad SMARTS) is 1. The van der Waals surface area contributed by atoms with Crippen LogP contribution >= 0.6 is 0 Å². The largest absolute Gasteiger partial charge is 0.476 e. The molecule has 0 amide bonds. The quantitative estimate of drug-likeness (QED) is 0.486. The summed E-state index contributed by atoms with van der Waals surface area (Å²) in [6.45, 7) is 1.35. The number of ether oxygens (including phenoxy) is 1. The summed E-state index contributed by atoms with van der Waals surface area (Å²) < 4.78 is 7.82. The fourth-order valence-corrected chi connectivity index (χ4v) is 7.78. The van der Waals surface area contributed by atoms with Crippen LogP contribution in [0, 0.1) is 11.8 Å². The van der Waals surface area contributed by atoms with Gasteiger partial charge in [0.05, 0.1) is 24.2 Å². The predicted octanol–water partition coefficient (Wildman–Crippen LogP) is 3.59. The van der Waals surface area contributed by atoms with E-state index in [1.54, 1.807) is 4.57 Å². The molecule has 9 heteroatoms. The molecule has 2 aromatic rings. The van der Waals surface area contributed by atoms with Crippen LogP contribution in [0.5, 0.6) is 0 Å². The van der Waals surface area contributed by atoms with E-state index in [0.29, 0.717) is 24.8 Å². The van der Waals surface area contributed by atoms with Gasteiger partial charge >= 0.3 is 5.97 Å². The molecule has 4 aliphatic rings. The smallest absolute Gasteiger partial charge is 0.360 e. The zero-order valence-electron chi connectivity index (χ0n) is 21.4. The van der Waals surface area contributed by atoms with Crippen LogP contribution in [0.25, 0.3) is 11.0 Å². The lowest BCUT2D eigenvalue weighted by atomic mass is 9.75. The number of fused-ring (bicyclic) bond motifs is 5. The number of nitrogens with zero attached hydrogens (tertiary/aromatic N) is 4. The molecule has 2 unspecified atom stereocenters. The van der Waals surface area contributed by atoms with Crippen molar-refractivity contribution in [3.63, 3.8) is 0 Å². The van der Waals surface area contributed by atoms with Crippen molar-refractivity contribution in [2.75, 3.05) is 20.3 Å². The van der Waals surface area contributed by atoms with Gasteiger partial charge < -0.3 is 19.2 Å². The second-order valence-electron chi connectivity index (χ2n) is 11.3. The molecule has 1 aromatic carbocycles. The highest BCUT2D eigenvalue weighted by atomic mass is 16.6. The number of oxime groups is 1. The Morgan fingerprint density at radius 3 is 2.32 bits per heavy atom. The molecule has 2 saturated carbocycles. The standard InChI is InChI=1S/C28H36N4O5/c1-36-30-26(28(34)35)25-27(33)32(24-9-5-4-8-23(24)29-25)20-13-21-15-37-16-22(14-20)31(21)19-11-17-6-2-3-7-18(10-17)12-19/h4-5,8-9,17-22H,2-3,6-7,10-16H2,1H3,(H,34,35)/t17?,18?,19?,20-,21-,22+. The van der Waals surface area contributed by atoms with Crippen LogP contribution in [0.1, 0.15) is 69.5 Å². The minimum Gasteiger partial charge on any atom is -0.476 e. The molecule has 2 aliphatic heterocycles. The lowest BCUT2D eigenvalue weighted by Gasteiger charge is -2.54. The highest BCUT2D eigenvalue weighted by Crippen LogP contribution is 2.44. The van der Waals surface area contributed by atoms with Gasteiger partial charge in [-0.2, -0.15) is 0 Å². The van der Waals surface area contributed by atoms with Crippen molar-refractivity contribution < 1.29 is 19.5 Å². The molecule has 4 fully saturated rings. The second-order valence-corrected chi connectivity index (χ2v) is 11.3. The Morgan fingerprint density at radius 1 is 1.00 bits per heavy atom. The van der Waals surface area contributed by atoms with Crippen LogP contribution in [0.4, 0.5) is 0 Å². The summed E-state index contributed by atoms with van der Waals surface area (Å²) in [5.41, 5.74) is 0.200. The number of piperidine rings is 1. The van der Waals surface area contributed by atoms with Gasteiger partial charge in [0.1, 0.15) is 7.11 Å². The lowest BCUT2D eigenvalue weighted by Crippen LogP contribution is -2.62. The number of carboxylic acids is 1. The number of para-hydroxylation sites is 2. The van der Waals surface area contributed by atoms with Gasteiger partial charge in [-0.25, -0.2) is 9.78 Å². The van der Waals surface area contributed by atoms with Crippen molar-refractivity contribution in [3.05, 3.63) is 40.3 Å². The number of morpholine rings is 1. The summed E-state index contributed by atoms with van der Waals surface area (Å²) in [5, 5.41) is 13.4. The molecular weight excluding hydrogens is 472 g/mol. The first-order chi connectivity index (χ1) is 18.0. The molecule has 5 atom stereocenters.